The highest BCUT2D eigenvalue weighted by molar-refractivity contribution is 5.94. The third kappa shape index (κ3) is 6.32. The van der Waals surface area contributed by atoms with Gasteiger partial charge in [-0.2, -0.15) is 0 Å². The highest BCUT2D eigenvalue weighted by Gasteiger charge is 2.09. The first-order valence-corrected chi connectivity index (χ1v) is 8.85. The highest BCUT2D eigenvalue weighted by atomic mass is 16.5. The van der Waals surface area contributed by atoms with Gasteiger partial charge in [-0.05, 0) is 24.1 Å². The Hall–Kier alpha value is -3.03. The zero-order valence-electron chi connectivity index (χ0n) is 16.2. The summed E-state index contributed by atoms with van der Waals surface area (Å²) in [6.07, 6.45) is 0. The Bertz CT molecular complexity index is 770. The summed E-state index contributed by atoms with van der Waals surface area (Å²) in [5, 5.41) is 13.2. The van der Waals surface area contributed by atoms with Gasteiger partial charge < -0.3 is 25.2 Å². The van der Waals surface area contributed by atoms with Crippen LogP contribution in [0, 0.1) is 0 Å². The van der Waals surface area contributed by atoms with Crippen molar-refractivity contribution in [1.29, 1.82) is 0 Å². The molecule has 1 aromatic heterocycles. The number of ether oxygens (including phenoxy) is 1. The Balaban J connectivity index is 1.71. The van der Waals surface area contributed by atoms with Crippen LogP contribution in [0.3, 0.4) is 0 Å². The van der Waals surface area contributed by atoms with E-state index in [2.05, 4.69) is 39.9 Å². The molecule has 0 radical (unpaired) electrons. The van der Waals surface area contributed by atoms with E-state index in [0.29, 0.717) is 42.8 Å². The van der Waals surface area contributed by atoms with E-state index in [1.807, 2.05) is 6.07 Å². The fourth-order valence-electron chi connectivity index (χ4n) is 2.30. The molecular weight excluding hydrogens is 346 g/mol. The molecule has 1 heterocycles. The summed E-state index contributed by atoms with van der Waals surface area (Å²) in [6.45, 7) is 5.60. The Morgan fingerprint density at radius 2 is 2.00 bits per heavy atom. The Morgan fingerprint density at radius 1 is 1.22 bits per heavy atom. The molecule has 0 saturated heterocycles. The van der Waals surface area contributed by atoms with Crippen LogP contribution in [0.25, 0.3) is 0 Å². The minimum absolute atomic E-state index is 0.151. The van der Waals surface area contributed by atoms with Crippen molar-refractivity contribution >= 4 is 11.9 Å². The van der Waals surface area contributed by atoms with Gasteiger partial charge in [-0.1, -0.05) is 25.1 Å². The van der Waals surface area contributed by atoms with E-state index in [9.17, 15) is 4.79 Å². The van der Waals surface area contributed by atoms with E-state index in [1.54, 1.807) is 38.4 Å². The first-order chi connectivity index (χ1) is 13.0. The van der Waals surface area contributed by atoms with Crippen LogP contribution in [0.5, 0.6) is 5.75 Å². The lowest BCUT2D eigenvalue weighted by atomic mass is 10.1. The average molecular weight is 373 g/mol. The lowest BCUT2D eigenvalue weighted by molar-refractivity contribution is 0.0954. The van der Waals surface area contributed by atoms with E-state index in [4.69, 9.17) is 9.26 Å². The molecule has 1 amide bonds. The van der Waals surface area contributed by atoms with Crippen LogP contribution >= 0.6 is 0 Å². The van der Waals surface area contributed by atoms with Gasteiger partial charge in [-0.3, -0.25) is 9.79 Å². The molecule has 3 N–H and O–H groups in total. The predicted molar refractivity (Wildman–Crippen MR) is 104 cm³/mol. The number of hydrogen-bond donors (Lipinski definition) is 3. The molecule has 8 nitrogen and oxygen atoms in total. The van der Waals surface area contributed by atoms with Gasteiger partial charge in [0.05, 0.1) is 19.3 Å². The quantitative estimate of drug-likeness (QED) is 0.371. The number of benzene rings is 1. The molecule has 27 heavy (non-hydrogen) atoms. The smallest absolute Gasteiger partial charge is 0.251 e. The molecule has 0 aliphatic heterocycles. The van der Waals surface area contributed by atoms with Gasteiger partial charge in [0.2, 0.25) is 0 Å². The SMILES string of the molecule is CN=C(NCCNC(=O)c1cccc(OC)c1)NCc1cc(C(C)C)no1. The molecule has 146 valence electrons. The van der Waals surface area contributed by atoms with Crippen molar-refractivity contribution < 1.29 is 14.1 Å². The fraction of sp³-hybridized carbons (Fsp3) is 0.421. The molecule has 0 spiro atoms. The number of aliphatic imine (C=N–C) groups is 1. The van der Waals surface area contributed by atoms with Gasteiger partial charge in [0.15, 0.2) is 11.7 Å². The highest BCUT2D eigenvalue weighted by Crippen LogP contribution is 2.14. The number of amides is 1. The number of carbonyl (C=O) groups excluding carboxylic acids is 1. The maximum Gasteiger partial charge on any atom is 0.251 e. The van der Waals surface area contributed by atoms with Gasteiger partial charge in [0.1, 0.15) is 5.75 Å². The Kier molecular flexibility index (Phi) is 7.66. The second kappa shape index (κ2) is 10.2. The number of aromatic nitrogens is 1. The third-order valence-electron chi connectivity index (χ3n) is 3.86. The van der Waals surface area contributed by atoms with E-state index in [1.165, 1.54) is 0 Å². The second-order valence-corrected chi connectivity index (χ2v) is 6.21. The van der Waals surface area contributed by atoms with Gasteiger partial charge in [0, 0.05) is 31.8 Å². The topological polar surface area (TPSA) is 101 Å². The van der Waals surface area contributed by atoms with Crippen molar-refractivity contribution in [1.82, 2.24) is 21.1 Å². The third-order valence-corrected chi connectivity index (χ3v) is 3.86. The molecule has 0 aliphatic rings. The van der Waals surface area contributed by atoms with Crippen molar-refractivity contribution in [3.8, 4) is 5.75 Å². The van der Waals surface area contributed by atoms with Crippen LogP contribution in [0.4, 0.5) is 0 Å². The monoisotopic (exact) mass is 373 g/mol. The van der Waals surface area contributed by atoms with Crippen molar-refractivity contribution in [3.05, 3.63) is 47.3 Å². The Labute approximate surface area is 159 Å². The largest absolute Gasteiger partial charge is 0.497 e. The van der Waals surface area contributed by atoms with E-state index >= 15 is 0 Å². The van der Waals surface area contributed by atoms with Crippen molar-refractivity contribution in [2.45, 2.75) is 26.3 Å². The summed E-state index contributed by atoms with van der Waals surface area (Å²) < 4.78 is 10.4. The standard InChI is InChI=1S/C19H27N5O3/c1-13(2)17-11-16(27-24-17)12-23-19(20-3)22-9-8-21-18(25)14-6-5-7-15(10-14)26-4/h5-7,10-11,13H,8-9,12H2,1-4H3,(H,21,25)(H2,20,22,23). The molecule has 0 saturated carbocycles. The number of hydrogen-bond acceptors (Lipinski definition) is 5. The summed E-state index contributed by atoms with van der Waals surface area (Å²) >= 11 is 0. The van der Waals surface area contributed by atoms with Gasteiger partial charge >= 0.3 is 0 Å². The molecule has 1 aromatic carbocycles. The number of nitrogens with zero attached hydrogens (tertiary/aromatic N) is 2. The second-order valence-electron chi connectivity index (χ2n) is 6.21. The number of rotatable bonds is 8. The molecule has 0 unspecified atom stereocenters. The Morgan fingerprint density at radius 3 is 2.67 bits per heavy atom. The summed E-state index contributed by atoms with van der Waals surface area (Å²) in [5.74, 6) is 2.19. The summed E-state index contributed by atoms with van der Waals surface area (Å²) in [7, 11) is 3.26. The lowest BCUT2D eigenvalue weighted by Gasteiger charge is -2.11. The lowest BCUT2D eigenvalue weighted by Crippen LogP contribution is -2.41. The maximum atomic E-state index is 12.1. The summed E-state index contributed by atoms with van der Waals surface area (Å²) in [4.78, 5) is 16.3. The summed E-state index contributed by atoms with van der Waals surface area (Å²) in [5.41, 5.74) is 1.48. The molecule has 2 aromatic rings. The van der Waals surface area contributed by atoms with Crippen LogP contribution in [-0.2, 0) is 6.54 Å². The van der Waals surface area contributed by atoms with Crippen LogP contribution in [0.1, 0.15) is 41.6 Å². The van der Waals surface area contributed by atoms with Crippen LogP contribution in [0.2, 0.25) is 0 Å². The minimum atomic E-state index is -0.151. The van der Waals surface area contributed by atoms with Crippen LogP contribution in [-0.4, -0.2) is 44.3 Å². The first-order valence-electron chi connectivity index (χ1n) is 8.85. The van der Waals surface area contributed by atoms with E-state index in [0.717, 1.165) is 11.5 Å². The summed E-state index contributed by atoms with van der Waals surface area (Å²) in [6, 6.07) is 8.96. The fourth-order valence-corrected chi connectivity index (χ4v) is 2.30. The molecule has 0 atom stereocenters. The molecule has 0 fully saturated rings. The van der Waals surface area contributed by atoms with Crippen LogP contribution in [0.15, 0.2) is 39.8 Å². The van der Waals surface area contributed by atoms with Gasteiger partial charge in [0.25, 0.3) is 5.91 Å². The molecule has 0 bridgehead atoms. The van der Waals surface area contributed by atoms with Crippen molar-refractivity contribution in [2.24, 2.45) is 4.99 Å². The van der Waals surface area contributed by atoms with Crippen molar-refractivity contribution in [3.63, 3.8) is 0 Å². The maximum absolute atomic E-state index is 12.1. The van der Waals surface area contributed by atoms with Gasteiger partial charge in [-0.25, -0.2) is 0 Å². The van der Waals surface area contributed by atoms with Gasteiger partial charge in [-0.15, -0.1) is 0 Å². The molecule has 2 rings (SSSR count). The van der Waals surface area contributed by atoms with Crippen LogP contribution < -0.4 is 20.7 Å². The molecule has 0 aliphatic carbocycles. The number of nitrogens with one attached hydrogen (secondary N) is 3. The number of methoxy groups -OCH3 is 1. The minimum Gasteiger partial charge on any atom is -0.497 e. The van der Waals surface area contributed by atoms with E-state index < -0.39 is 0 Å². The first kappa shape index (κ1) is 20.3. The predicted octanol–water partition coefficient (Wildman–Crippen LogP) is 1.90. The normalized spacial score (nSPS) is 11.4. The average Bonchev–Trinajstić information content (AvgIpc) is 3.16. The van der Waals surface area contributed by atoms with Crippen molar-refractivity contribution in [2.75, 3.05) is 27.2 Å². The number of guanidine groups is 1. The molecular formula is C19H27N5O3. The van der Waals surface area contributed by atoms with E-state index in [-0.39, 0.29) is 5.91 Å². The number of carbonyl (C=O) groups is 1. The zero-order chi connectivity index (χ0) is 19.6. The zero-order valence-corrected chi connectivity index (χ0v) is 16.2. The molecule has 8 heteroatoms.